The fraction of sp³-hybridized carbons (Fsp3) is 0.467. The highest BCUT2D eigenvalue weighted by Crippen LogP contribution is 2.28. The Morgan fingerprint density at radius 1 is 1.57 bits per heavy atom. The minimum atomic E-state index is -0.144. The van der Waals surface area contributed by atoms with Crippen molar-refractivity contribution in [3.05, 3.63) is 42.1 Å². The van der Waals surface area contributed by atoms with Crippen LogP contribution >= 0.6 is 0 Å². The number of nitrogens with one attached hydrogen (secondary N) is 1. The van der Waals surface area contributed by atoms with Crippen molar-refractivity contribution in [2.75, 3.05) is 6.61 Å². The molecule has 0 saturated carbocycles. The zero-order valence-corrected chi connectivity index (χ0v) is 12.0. The van der Waals surface area contributed by atoms with E-state index in [0.29, 0.717) is 12.2 Å². The fourth-order valence-corrected chi connectivity index (χ4v) is 2.60. The summed E-state index contributed by atoms with van der Waals surface area (Å²) >= 11 is 0. The molecule has 1 fully saturated rings. The summed E-state index contributed by atoms with van der Waals surface area (Å²) in [6, 6.07) is 1.61. The van der Waals surface area contributed by atoms with Crippen LogP contribution in [0.2, 0.25) is 0 Å². The molecule has 3 heterocycles. The largest absolute Gasteiger partial charge is 0.472 e. The highest BCUT2D eigenvalue weighted by Gasteiger charge is 2.30. The first kappa shape index (κ1) is 13.9. The van der Waals surface area contributed by atoms with Gasteiger partial charge in [0.15, 0.2) is 0 Å². The van der Waals surface area contributed by atoms with Crippen LogP contribution < -0.4 is 5.32 Å². The molecule has 1 aliphatic rings. The van der Waals surface area contributed by atoms with Gasteiger partial charge in [0.25, 0.3) is 5.91 Å². The maximum absolute atomic E-state index is 12.2. The van der Waals surface area contributed by atoms with E-state index in [0.717, 1.165) is 24.9 Å². The predicted molar refractivity (Wildman–Crippen MR) is 75.8 cm³/mol. The topological polar surface area (TPSA) is 69.3 Å². The standard InChI is InChI=1S/C15H19N3O3/c1-2-18-9-12(8-16-18)14-13(4-3-6-21-14)17-15(19)11-5-7-20-10-11/h5,7-10,13-14H,2-4,6H2,1H3,(H,17,19)/t13-,14+/m0/s1. The lowest BCUT2D eigenvalue weighted by molar-refractivity contribution is -0.00951. The Morgan fingerprint density at radius 2 is 2.48 bits per heavy atom. The van der Waals surface area contributed by atoms with E-state index in [4.69, 9.17) is 9.15 Å². The van der Waals surface area contributed by atoms with Crippen LogP contribution in [0.25, 0.3) is 0 Å². The molecular formula is C15H19N3O3. The van der Waals surface area contributed by atoms with Crippen molar-refractivity contribution in [2.24, 2.45) is 0 Å². The van der Waals surface area contributed by atoms with Gasteiger partial charge >= 0.3 is 0 Å². The number of hydrogen-bond donors (Lipinski definition) is 1. The highest BCUT2D eigenvalue weighted by molar-refractivity contribution is 5.94. The van der Waals surface area contributed by atoms with Gasteiger partial charge in [0.2, 0.25) is 0 Å². The molecule has 21 heavy (non-hydrogen) atoms. The first-order chi connectivity index (χ1) is 10.3. The molecule has 3 rings (SSSR count). The van der Waals surface area contributed by atoms with Crippen LogP contribution in [0.15, 0.2) is 35.4 Å². The average Bonchev–Trinajstić information content (AvgIpc) is 3.19. The summed E-state index contributed by atoms with van der Waals surface area (Å²) in [5, 5.41) is 7.32. The summed E-state index contributed by atoms with van der Waals surface area (Å²) in [6.07, 6.45) is 8.43. The van der Waals surface area contributed by atoms with Gasteiger partial charge in [-0.15, -0.1) is 0 Å². The molecule has 1 aliphatic heterocycles. The molecule has 0 unspecified atom stereocenters. The number of aryl methyl sites for hydroxylation is 1. The summed E-state index contributed by atoms with van der Waals surface area (Å²) < 4.78 is 12.7. The van der Waals surface area contributed by atoms with Gasteiger partial charge < -0.3 is 14.5 Å². The molecule has 0 bridgehead atoms. The Kier molecular flexibility index (Phi) is 4.06. The van der Waals surface area contributed by atoms with E-state index < -0.39 is 0 Å². The van der Waals surface area contributed by atoms with Crippen LogP contribution in [-0.4, -0.2) is 28.3 Å². The second kappa shape index (κ2) is 6.13. The van der Waals surface area contributed by atoms with Crippen molar-refractivity contribution in [1.29, 1.82) is 0 Å². The van der Waals surface area contributed by atoms with Gasteiger partial charge in [-0.1, -0.05) is 0 Å². The third-order valence-corrected chi connectivity index (χ3v) is 3.73. The molecule has 0 radical (unpaired) electrons. The third kappa shape index (κ3) is 3.00. The molecule has 1 saturated heterocycles. The van der Waals surface area contributed by atoms with Gasteiger partial charge in [0, 0.05) is 24.9 Å². The van der Waals surface area contributed by atoms with Crippen LogP contribution in [0.4, 0.5) is 0 Å². The van der Waals surface area contributed by atoms with E-state index in [9.17, 15) is 4.79 Å². The highest BCUT2D eigenvalue weighted by atomic mass is 16.5. The monoisotopic (exact) mass is 289 g/mol. The number of aromatic nitrogens is 2. The summed E-state index contributed by atoms with van der Waals surface area (Å²) in [7, 11) is 0. The maximum atomic E-state index is 12.2. The lowest BCUT2D eigenvalue weighted by Gasteiger charge is -2.31. The molecule has 2 aromatic heterocycles. The van der Waals surface area contributed by atoms with Crippen LogP contribution in [0.1, 0.15) is 41.8 Å². The normalized spacial score (nSPS) is 22.1. The molecule has 112 valence electrons. The summed E-state index contributed by atoms with van der Waals surface area (Å²) in [5.74, 6) is -0.132. The van der Waals surface area contributed by atoms with Crippen LogP contribution in [0.3, 0.4) is 0 Å². The Bertz CT molecular complexity index is 591. The molecule has 0 aliphatic carbocycles. The van der Waals surface area contributed by atoms with Crippen molar-refractivity contribution >= 4 is 5.91 Å². The van der Waals surface area contributed by atoms with E-state index in [1.807, 2.05) is 24.0 Å². The van der Waals surface area contributed by atoms with Crippen LogP contribution in [-0.2, 0) is 11.3 Å². The van der Waals surface area contributed by atoms with E-state index in [-0.39, 0.29) is 18.1 Å². The second-order valence-corrected chi connectivity index (χ2v) is 5.15. The minimum absolute atomic E-state index is 0.0457. The summed E-state index contributed by atoms with van der Waals surface area (Å²) in [6.45, 7) is 3.56. The molecular weight excluding hydrogens is 270 g/mol. The lowest BCUT2D eigenvalue weighted by Crippen LogP contribution is -2.42. The number of amides is 1. The molecule has 1 N–H and O–H groups in total. The van der Waals surface area contributed by atoms with Crippen molar-refractivity contribution < 1.29 is 13.9 Å². The zero-order chi connectivity index (χ0) is 14.7. The van der Waals surface area contributed by atoms with Crippen molar-refractivity contribution in [2.45, 2.75) is 38.5 Å². The second-order valence-electron chi connectivity index (χ2n) is 5.15. The van der Waals surface area contributed by atoms with E-state index >= 15 is 0 Å². The number of rotatable bonds is 4. The molecule has 0 aromatic carbocycles. The first-order valence-corrected chi connectivity index (χ1v) is 7.25. The number of nitrogens with zero attached hydrogens (tertiary/aromatic N) is 2. The Morgan fingerprint density at radius 3 is 3.19 bits per heavy atom. The number of carbonyl (C=O) groups is 1. The lowest BCUT2D eigenvalue weighted by atomic mass is 9.98. The van der Waals surface area contributed by atoms with E-state index in [2.05, 4.69) is 10.4 Å². The quantitative estimate of drug-likeness (QED) is 0.936. The maximum Gasteiger partial charge on any atom is 0.254 e. The summed E-state index contributed by atoms with van der Waals surface area (Å²) in [5.41, 5.74) is 1.54. The Hall–Kier alpha value is -2.08. The third-order valence-electron chi connectivity index (χ3n) is 3.73. The van der Waals surface area contributed by atoms with E-state index in [1.165, 1.54) is 12.5 Å². The number of carbonyl (C=O) groups excluding carboxylic acids is 1. The predicted octanol–water partition coefficient (Wildman–Crippen LogP) is 2.15. The van der Waals surface area contributed by atoms with Gasteiger partial charge in [0.05, 0.1) is 24.1 Å². The molecule has 2 aromatic rings. The van der Waals surface area contributed by atoms with E-state index in [1.54, 1.807) is 6.07 Å². The zero-order valence-electron chi connectivity index (χ0n) is 12.0. The first-order valence-electron chi connectivity index (χ1n) is 7.25. The number of ether oxygens (including phenoxy) is 1. The molecule has 1 amide bonds. The van der Waals surface area contributed by atoms with Crippen molar-refractivity contribution in [3.63, 3.8) is 0 Å². The average molecular weight is 289 g/mol. The Labute approximate surface area is 123 Å². The number of furan rings is 1. The van der Waals surface area contributed by atoms with Crippen molar-refractivity contribution in [1.82, 2.24) is 15.1 Å². The van der Waals surface area contributed by atoms with Crippen molar-refractivity contribution in [3.8, 4) is 0 Å². The smallest absolute Gasteiger partial charge is 0.254 e. The molecule has 6 nitrogen and oxygen atoms in total. The fourth-order valence-electron chi connectivity index (χ4n) is 2.60. The molecule has 0 spiro atoms. The molecule has 6 heteroatoms. The Balaban J connectivity index is 1.73. The van der Waals surface area contributed by atoms with Crippen LogP contribution in [0, 0.1) is 0 Å². The van der Waals surface area contributed by atoms with Gasteiger partial charge in [-0.2, -0.15) is 5.10 Å². The van der Waals surface area contributed by atoms with Gasteiger partial charge in [0.1, 0.15) is 12.4 Å². The van der Waals surface area contributed by atoms with Gasteiger partial charge in [-0.25, -0.2) is 0 Å². The van der Waals surface area contributed by atoms with Gasteiger partial charge in [-0.3, -0.25) is 9.48 Å². The minimum Gasteiger partial charge on any atom is -0.472 e. The van der Waals surface area contributed by atoms with Gasteiger partial charge in [-0.05, 0) is 25.8 Å². The van der Waals surface area contributed by atoms with Crippen LogP contribution in [0.5, 0.6) is 0 Å². The SMILES string of the molecule is CCn1cc([C@H]2OCCC[C@@H]2NC(=O)c2ccoc2)cn1. The molecule has 2 atom stereocenters. The summed E-state index contributed by atoms with van der Waals surface area (Å²) in [4.78, 5) is 12.2. The number of hydrogen-bond acceptors (Lipinski definition) is 4.